The van der Waals surface area contributed by atoms with Crippen LogP contribution in [0.4, 0.5) is 4.79 Å². The molecule has 1 heterocycles. The van der Waals surface area contributed by atoms with E-state index in [2.05, 4.69) is 4.74 Å². The van der Waals surface area contributed by atoms with E-state index < -0.39 is 6.09 Å². The molecular weight excluding hydrogens is 210 g/mol. The largest absolute Gasteiger partial charge is 0.469 e. The second kappa shape index (κ2) is 5.72. The van der Waals surface area contributed by atoms with Crippen LogP contribution in [0.15, 0.2) is 0 Å². The molecular formula is C11H19NO4. The number of methoxy groups -OCH3 is 1. The van der Waals surface area contributed by atoms with Crippen LogP contribution >= 0.6 is 0 Å². The summed E-state index contributed by atoms with van der Waals surface area (Å²) in [6.45, 7) is 3.01. The molecule has 92 valence electrons. The van der Waals surface area contributed by atoms with Crippen LogP contribution in [0, 0.1) is 11.8 Å². The first kappa shape index (κ1) is 12.8. The topological polar surface area (TPSA) is 66.8 Å². The van der Waals surface area contributed by atoms with Gasteiger partial charge in [0.1, 0.15) is 0 Å². The molecule has 1 aliphatic heterocycles. The number of amides is 1. The molecule has 1 saturated heterocycles. The van der Waals surface area contributed by atoms with Crippen molar-refractivity contribution in [1.29, 1.82) is 0 Å². The number of likely N-dealkylation sites (tertiary alicyclic amines) is 1. The van der Waals surface area contributed by atoms with Crippen molar-refractivity contribution in [2.24, 2.45) is 11.8 Å². The smallest absolute Gasteiger partial charge is 0.407 e. The van der Waals surface area contributed by atoms with E-state index in [1.54, 1.807) is 0 Å². The molecule has 0 aromatic rings. The van der Waals surface area contributed by atoms with Gasteiger partial charge in [0.25, 0.3) is 0 Å². The second-order valence-electron chi connectivity index (χ2n) is 4.37. The minimum absolute atomic E-state index is 0.0913. The maximum Gasteiger partial charge on any atom is 0.407 e. The van der Waals surface area contributed by atoms with E-state index >= 15 is 0 Å². The first-order valence-electron chi connectivity index (χ1n) is 5.60. The lowest BCUT2D eigenvalue weighted by molar-refractivity contribution is -0.145. The van der Waals surface area contributed by atoms with Gasteiger partial charge in [-0.2, -0.15) is 0 Å². The van der Waals surface area contributed by atoms with E-state index in [1.807, 2.05) is 6.92 Å². The van der Waals surface area contributed by atoms with Crippen molar-refractivity contribution in [3.63, 3.8) is 0 Å². The lowest BCUT2D eigenvalue weighted by atomic mass is 9.88. The Morgan fingerprint density at radius 2 is 2.00 bits per heavy atom. The van der Waals surface area contributed by atoms with Crippen molar-refractivity contribution in [3.8, 4) is 0 Å². The molecule has 5 heteroatoms. The fourth-order valence-electron chi connectivity index (χ4n) is 2.16. The molecule has 1 aliphatic rings. The Morgan fingerprint density at radius 3 is 2.44 bits per heavy atom. The first-order chi connectivity index (χ1) is 7.54. The van der Waals surface area contributed by atoms with Gasteiger partial charge < -0.3 is 14.7 Å². The summed E-state index contributed by atoms with van der Waals surface area (Å²) in [5.74, 6) is 0.164. The summed E-state index contributed by atoms with van der Waals surface area (Å²) in [7, 11) is 1.39. The summed E-state index contributed by atoms with van der Waals surface area (Å²) in [5, 5.41) is 8.78. The number of rotatable bonds is 3. The third-order valence-corrected chi connectivity index (χ3v) is 3.18. The molecule has 1 amide bonds. The number of hydrogen-bond acceptors (Lipinski definition) is 3. The van der Waals surface area contributed by atoms with Crippen LogP contribution in [-0.4, -0.2) is 42.3 Å². The van der Waals surface area contributed by atoms with Crippen molar-refractivity contribution in [3.05, 3.63) is 0 Å². The summed E-state index contributed by atoms with van der Waals surface area (Å²) in [4.78, 5) is 23.4. The van der Waals surface area contributed by atoms with E-state index in [0.29, 0.717) is 19.0 Å². The average molecular weight is 229 g/mol. The Balaban J connectivity index is 2.32. The minimum atomic E-state index is -0.848. The fourth-order valence-corrected chi connectivity index (χ4v) is 2.16. The SMILES string of the molecule is COC(=O)C(C)CC1CCN(C(=O)O)CC1. The second-order valence-corrected chi connectivity index (χ2v) is 4.37. The maximum absolute atomic E-state index is 11.2. The number of carbonyl (C=O) groups excluding carboxylic acids is 1. The van der Waals surface area contributed by atoms with Gasteiger partial charge in [-0.1, -0.05) is 6.92 Å². The number of esters is 1. The van der Waals surface area contributed by atoms with Gasteiger partial charge in [-0.25, -0.2) is 4.79 Å². The molecule has 1 fully saturated rings. The average Bonchev–Trinajstić information content (AvgIpc) is 2.28. The highest BCUT2D eigenvalue weighted by Crippen LogP contribution is 2.24. The maximum atomic E-state index is 11.2. The number of piperidine rings is 1. The summed E-state index contributed by atoms with van der Waals surface area (Å²) in [6.07, 6.45) is 1.63. The zero-order valence-electron chi connectivity index (χ0n) is 9.81. The van der Waals surface area contributed by atoms with Gasteiger partial charge >= 0.3 is 12.1 Å². The monoisotopic (exact) mass is 229 g/mol. The Labute approximate surface area is 95.4 Å². The highest BCUT2D eigenvalue weighted by molar-refractivity contribution is 5.71. The fraction of sp³-hybridized carbons (Fsp3) is 0.818. The highest BCUT2D eigenvalue weighted by atomic mass is 16.5. The zero-order chi connectivity index (χ0) is 12.1. The van der Waals surface area contributed by atoms with Gasteiger partial charge in [-0.3, -0.25) is 4.79 Å². The highest BCUT2D eigenvalue weighted by Gasteiger charge is 2.25. The zero-order valence-corrected chi connectivity index (χ0v) is 9.81. The van der Waals surface area contributed by atoms with Crippen molar-refractivity contribution >= 4 is 12.1 Å². The molecule has 0 aromatic carbocycles. The molecule has 0 aromatic heterocycles. The molecule has 5 nitrogen and oxygen atoms in total. The van der Waals surface area contributed by atoms with Crippen LogP contribution in [0.3, 0.4) is 0 Å². The van der Waals surface area contributed by atoms with Crippen molar-refractivity contribution in [2.45, 2.75) is 26.2 Å². The van der Waals surface area contributed by atoms with Crippen LogP contribution in [0.2, 0.25) is 0 Å². The predicted molar refractivity (Wildman–Crippen MR) is 58.1 cm³/mol. The van der Waals surface area contributed by atoms with Gasteiger partial charge in [0.15, 0.2) is 0 Å². The Morgan fingerprint density at radius 1 is 1.44 bits per heavy atom. The van der Waals surface area contributed by atoms with Crippen molar-refractivity contribution in [2.75, 3.05) is 20.2 Å². The molecule has 1 atom stereocenters. The standard InChI is InChI=1S/C11H19NO4/c1-8(10(13)16-2)7-9-3-5-12(6-4-9)11(14)15/h8-9H,3-7H2,1-2H3,(H,14,15). The Hall–Kier alpha value is -1.26. The van der Waals surface area contributed by atoms with Gasteiger partial charge in [0.05, 0.1) is 13.0 Å². The minimum Gasteiger partial charge on any atom is -0.469 e. The molecule has 0 bridgehead atoms. The number of hydrogen-bond donors (Lipinski definition) is 1. The van der Waals surface area contributed by atoms with Crippen LogP contribution in [-0.2, 0) is 9.53 Å². The van der Waals surface area contributed by atoms with Crippen LogP contribution in [0.1, 0.15) is 26.2 Å². The lowest BCUT2D eigenvalue weighted by Crippen LogP contribution is -2.38. The molecule has 0 saturated carbocycles. The van der Waals surface area contributed by atoms with Crippen LogP contribution in [0.25, 0.3) is 0 Å². The Bertz CT molecular complexity index is 259. The number of nitrogens with zero attached hydrogens (tertiary/aromatic N) is 1. The van der Waals surface area contributed by atoms with E-state index in [4.69, 9.17) is 5.11 Å². The molecule has 1 rings (SSSR count). The predicted octanol–water partition coefficient (Wildman–Crippen LogP) is 1.58. The summed E-state index contributed by atoms with van der Waals surface area (Å²) >= 11 is 0. The molecule has 1 N–H and O–H groups in total. The van der Waals surface area contributed by atoms with E-state index in [0.717, 1.165) is 19.3 Å². The van der Waals surface area contributed by atoms with Crippen LogP contribution < -0.4 is 0 Å². The Kier molecular flexibility index (Phi) is 4.58. The summed E-state index contributed by atoms with van der Waals surface area (Å²) < 4.78 is 4.67. The quantitative estimate of drug-likeness (QED) is 0.746. The lowest BCUT2D eigenvalue weighted by Gasteiger charge is -2.30. The normalized spacial score (nSPS) is 19.2. The molecule has 1 unspecified atom stereocenters. The van der Waals surface area contributed by atoms with Gasteiger partial charge in [0.2, 0.25) is 0 Å². The van der Waals surface area contributed by atoms with Crippen LogP contribution in [0.5, 0.6) is 0 Å². The van der Waals surface area contributed by atoms with Gasteiger partial charge in [-0.15, -0.1) is 0 Å². The molecule has 0 spiro atoms. The molecule has 0 radical (unpaired) electrons. The third kappa shape index (κ3) is 3.40. The van der Waals surface area contributed by atoms with E-state index in [1.165, 1.54) is 12.0 Å². The van der Waals surface area contributed by atoms with Crippen molar-refractivity contribution < 1.29 is 19.4 Å². The van der Waals surface area contributed by atoms with Gasteiger partial charge in [0, 0.05) is 13.1 Å². The van der Waals surface area contributed by atoms with Gasteiger partial charge in [-0.05, 0) is 25.2 Å². The molecule has 16 heavy (non-hydrogen) atoms. The molecule has 0 aliphatic carbocycles. The van der Waals surface area contributed by atoms with E-state index in [-0.39, 0.29) is 11.9 Å². The number of carboxylic acid groups (broad SMARTS) is 1. The summed E-state index contributed by atoms with van der Waals surface area (Å²) in [6, 6.07) is 0. The number of carbonyl (C=O) groups is 2. The van der Waals surface area contributed by atoms with Crippen molar-refractivity contribution in [1.82, 2.24) is 4.90 Å². The third-order valence-electron chi connectivity index (χ3n) is 3.18. The first-order valence-corrected chi connectivity index (χ1v) is 5.60. The number of ether oxygens (including phenoxy) is 1. The summed E-state index contributed by atoms with van der Waals surface area (Å²) in [5.41, 5.74) is 0. The van der Waals surface area contributed by atoms with E-state index in [9.17, 15) is 9.59 Å².